The molecular formula is C13H16ClFO5S. The van der Waals surface area contributed by atoms with Crippen molar-refractivity contribution >= 4 is 25.7 Å². The predicted octanol–water partition coefficient (Wildman–Crippen LogP) is 3.11. The second-order valence-corrected chi connectivity index (χ2v) is 6.80. The van der Waals surface area contributed by atoms with Gasteiger partial charge in [0.25, 0.3) is 9.05 Å². The fourth-order valence-electron chi connectivity index (χ4n) is 1.67. The van der Waals surface area contributed by atoms with Crippen molar-refractivity contribution in [3.8, 4) is 5.75 Å². The van der Waals surface area contributed by atoms with Gasteiger partial charge >= 0.3 is 5.97 Å². The van der Waals surface area contributed by atoms with Crippen LogP contribution in [0.3, 0.4) is 0 Å². The molecule has 1 aromatic carbocycles. The van der Waals surface area contributed by atoms with Gasteiger partial charge in [-0.2, -0.15) is 0 Å². The minimum atomic E-state index is -4.25. The summed E-state index contributed by atoms with van der Waals surface area (Å²) >= 11 is 0. The lowest BCUT2D eigenvalue weighted by Crippen LogP contribution is -2.09. The molecule has 0 aromatic heterocycles. The van der Waals surface area contributed by atoms with Gasteiger partial charge in [-0.25, -0.2) is 17.6 Å². The van der Waals surface area contributed by atoms with Gasteiger partial charge in [-0.15, -0.1) is 0 Å². The molecule has 21 heavy (non-hydrogen) atoms. The SMILES string of the molecule is CCCCCOC(=O)c1cc(F)c(OC)c(S(=O)(=O)Cl)c1. The summed E-state index contributed by atoms with van der Waals surface area (Å²) < 4.78 is 46.2. The van der Waals surface area contributed by atoms with Gasteiger partial charge in [0.05, 0.1) is 19.3 Å². The topological polar surface area (TPSA) is 69.7 Å². The van der Waals surface area contributed by atoms with Gasteiger partial charge in [-0.05, 0) is 18.6 Å². The molecule has 8 heteroatoms. The van der Waals surface area contributed by atoms with E-state index in [1.807, 2.05) is 6.92 Å². The summed E-state index contributed by atoms with van der Waals surface area (Å²) in [6.07, 6.45) is 2.54. The average molecular weight is 339 g/mol. The van der Waals surface area contributed by atoms with Crippen molar-refractivity contribution in [3.63, 3.8) is 0 Å². The first-order chi connectivity index (χ1) is 9.81. The number of esters is 1. The molecule has 0 fully saturated rings. The first-order valence-electron chi connectivity index (χ1n) is 6.30. The van der Waals surface area contributed by atoms with Crippen molar-refractivity contribution in [1.82, 2.24) is 0 Å². The van der Waals surface area contributed by atoms with Gasteiger partial charge in [-0.3, -0.25) is 0 Å². The highest BCUT2D eigenvalue weighted by Crippen LogP contribution is 2.31. The second-order valence-electron chi connectivity index (χ2n) is 4.27. The maximum Gasteiger partial charge on any atom is 0.338 e. The Morgan fingerprint density at radius 3 is 2.52 bits per heavy atom. The third-order valence-corrected chi connectivity index (χ3v) is 4.02. The average Bonchev–Trinajstić information content (AvgIpc) is 2.41. The predicted molar refractivity (Wildman–Crippen MR) is 75.8 cm³/mol. The fourth-order valence-corrected chi connectivity index (χ4v) is 2.68. The van der Waals surface area contributed by atoms with Crippen LogP contribution in [-0.2, 0) is 13.8 Å². The van der Waals surface area contributed by atoms with Crippen LogP contribution < -0.4 is 4.74 Å². The molecule has 0 aliphatic rings. The van der Waals surface area contributed by atoms with E-state index in [2.05, 4.69) is 4.74 Å². The van der Waals surface area contributed by atoms with Gasteiger partial charge < -0.3 is 9.47 Å². The van der Waals surface area contributed by atoms with Crippen LogP contribution in [0.25, 0.3) is 0 Å². The standard InChI is InChI=1S/C13H16ClFO5S/c1-3-4-5-6-20-13(16)9-7-10(15)12(19-2)11(8-9)21(14,17)18/h7-8H,3-6H2,1-2H3. The van der Waals surface area contributed by atoms with Crippen LogP contribution in [0.15, 0.2) is 17.0 Å². The number of carbonyl (C=O) groups is 1. The zero-order valence-corrected chi connectivity index (χ0v) is 13.3. The van der Waals surface area contributed by atoms with Crippen molar-refractivity contribution < 1.29 is 27.1 Å². The van der Waals surface area contributed by atoms with E-state index in [1.165, 1.54) is 0 Å². The Balaban J connectivity index is 3.04. The minimum Gasteiger partial charge on any atom is -0.492 e. The number of benzene rings is 1. The summed E-state index contributed by atoms with van der Waals surface area (Å²) in [5.74, 6) is -2.35. The number of methoxy groups -OCH3 is 1. The Labute approximate surface area is 127 Å². The Bertz CT molecular complexity index is 615. The Morgan fingerprint density at radius 1 is 1.33 bits per heavy atom. The van der Waals surface area contributed by atoms with Crippen LogP contribution in [0.2, 0.25) is 0 Å². The smallest absolute Gasteiger partial charge is 0.338 e. The third kappa shape index (κ3) is 4.86. The van der Waals surface area contributed by atoms with Gasteiger partial charge in [0.2, 0.25) is 0 Å². The normalized spacial score (nSPS) is 11.2. The molecule has 0 saturated heterocycles. The maximum atomic E-state index is 13.8. The summed E-state index contributed by atoms with van der Waals surface area (Å²) in [4.78, 5) is 11.2. The number of hydrogen-bond donors (Lipinski definition) is 0. The minimum absolute atomic E-state index is 0.184. The van der Waals surface area contributed by atoms with Gasteiger partial charge in [0, 0.05) is 10.7 Å². The van der Waals surface area contributed by atoms with Crippen molar-refractivity contribution in [2.24, 2.45) is 0 Å². The molecule has 0 saturated carbocycles. The summed E-state index contributed by atoms with van der Waals surface area (Å²) in [7, 11) is 2.06. The number of halogens is 2. The molecule has 0 atom stereocenters. The number of carbonyl (C=O) groups excluding carboxylic acids is 1. The van der Waals surface area contributed by atoms with Crippen molar-refractivity contribution in [3.05, 3.63) is 23.5 Å². The fraction of sp³-hybridized carbons (Fsp3) is 0.462. The van der Waals surface area contributed by atoms with E-state index in [1.54, 1.807) is 0 Å². The highest BCUT2D eigenvalue weighted by atomic mass is 35.7. The molecule has 0 heterocycles. The molecule has 0 aliphatic carbocycles. The van der Waals surface area contributed by atoms with Crippen molar-refractivity contribution in [1.29, 1.82) is 0 Å². The molecule has 118 valence electrons. The molecule has 1 aromatic rings. The lowest BCUT2D eigenvalue weighted by molar-refractivity contribution is 0.0497. The lowest BCUT2D eigenvalue weighted by Gasteiger charge is -2.10. The van der Waals surface area contributed by atoms with E-state index < -0.39 is 31.5 Å². The number of hydrogen-bond acceptors (Lipinski definition) is 5. The molecule has 5 nitrogen and oxygen atoms in total. The largest absolute Gasteiger partial charge is 0.492 e. The number of rotatable bonds is 7. The molecule has 0 radical (unpaired) electrons. The van der Waals surface area contributed by atoms with Crippen LogP contribution in [-0.4, -0.2) is 28.1 Å². The summed E-state index contributed by atoms with van der Waals surface area (Å²) in [6, 6.07) is 1.79. The van der Waals surface area contributed by atoms with E-state index in [0.717, 1.165) is 32.1 Å². The summed E-state index contributed by atoms with van der Waals surface area (Å²) in [5, 5.41) is 0. The highest BCUT2D eigenvalue weighted by Gasteiger charge is 2.24. The molecule has 0 unspecified atom stereocenters. The van der Waals surface area contributed by atoms with Crippen molar-refractivity contribution in [2.45, 2.75) is 31.1 Å². The molecule has 0 aliphatic heterocycles. The van der Waals surface area contributed by atoms with Crippen LogP contribution in [0.1, 0.15) is 36.5 Å². The number of unbranched alkanes of at least 4 members (excludes halogenated alkanes) is 2. The Hall–Kier alpha value is -1.34. The first kappa shape index (κ1) is 17.7. The van der Waals surface area contributed by atoms with E-state index in [9.17, 15) is 17.6 Å². The lowest BCUT2D eigenvalue weighted by atomic mass is 10.2. The van der Waals surface area contributed by atoms with Gasteiger partial charge in [0.1, 0.15) is 4.90 Å². The van der Waals surface area contributed by atoms with Crippen molar-refractivity contribution in [2.75, 3.05) is 13.7 Å². The summed E-state index contributed by atoms with van der Waals surface area (Å²) in [6.45, 7) is 2.18. The number of ether oxygens (including phenoxy) is 2. The van der Waals surface area contributed by atoms with E-state index in [4.69, 9.17) is 15.4 Å². The summed E-state index contributed by atoms with van der Waals surface area (Å²) in [5.41, 5.74) is -0.232. The maximum absolute atomic E-state index is 13.8. The zero-order chi connectivity index (χ0) is 16.0. The van der Waals surface area contributed by atoms with Crippen LogP contribution in [0.4, 0.5) is 4.39 Å². The molecule has 1 rings (SSSR count). The molecule has 0 amide bonds. The molecular weight excluding hydrogens is 323 g/mol. The van der Waals surface area contributed by atoms with Crippen LogP contribution in [0, 0.1) is 5.82 Å². The monoisotopic (exact) mass is 338 g/mol. The Morgan fingerprint density at radius 2 is 2.00 bits per heavy atom. The van der Waals surface area contributed by atoms with E-state index >= 15 is 0 Å². The quantitative estimate of drug-likeness (QED) is 0.434. The van der Waals surface area contributed by atoms with Gasteiger partial charge in [-0.1, -0.05) is 19.8 Å². The third-order valence-electron chi connectivity index (χ3n) is 2.69. The van der Waals surface area contributed by atoms with E-state index in [0.29, 0.717) is 6.42 Å². The van der Waals surface area contributed by atoms with Crippen LogP contribution >= 0.6 is 10.7 Å². The highest BCUT2D eigenvalue weighted by molar-refractivity contribution is 8.13. The second kappa shape index (κ2) is 7.61. The van der Waals surface area contributed by atoms with Gasteiger partial charge in [0.15, 0.2) is 11.6 Å². The zero-order valence-electron chi connectivity index (χ0n) is 11.7. The van der Waals surface area contributed by atoms with Crippen LogP contribution in [0.5, 0.6) is 5.75 Å². The molecule has 0 N–H and O–H groups in total. The molecule has 0 spiro atoms. The van der Waals surface area contributed by atoms with E-state index in [-0.39, 0.29) is 12.2 Å². The molecule has 0 bridgehead atoms. The Kier molecular flexibility index (Phi) is 6.42. The first-order valence-corrected chi connectivity index (χ1v) is 8.61.